The molecule has 1 saturated heterocycles. The third-order valence-electron chi connectivity index (χ3n) is 11.2. The number of hydrogen-bond donors (Lipinski definition) is 2. The van der Waals surface area contributed by atoms with Crippen molar-refractivity contribution < 1.29 is 32.6 Å². The number of nitrogens with one attached hydrogen (secondary N) is 1. The molecule has 10 nitrogen and oxygen atoms in total. The van der Waals surface area contributed by atoms with Crippen molar-refractivity contribution in [2.24, 2.45) is 17.3 Å². The molecule has 0 spiro atoms. The van der Waals surface area contributed by atoms with Crippen molar-refractivity contribution in [2.75, 3.05) is 44.4 Å². The van der Waals surface area contributed by atoms with Crippen LogP contribution in [0.2, 0.25) is 5.02 Å². The Hall–Kier alpha value is -2.86. The summed E-state index contributed by atoms with van der Waals surface area (Å²) < 4.78 is 39.3. The topological polar surface area (TPSA) is 125 Å². The number of carbonyl (C=O) groups excluding carboxylic acids is 2. The first kappa shape index (κ1) is 35.0. The molecule has 2 fully saturated rings. The third-order valence-corrected chi connectivity index (χ3v) is 11.9. The van der Waals surface area contributed by atoms with Crippen LogP contribution in [0.4, 0.5) is 5.69 Å². The minimum absolute atomic E-state index is 0.0374. The Morgan fingerprint density at radius 1 is 1.08 bits per heavy atom. The largest absolute Gasteiger partial charge is 0.487 e. The lowest BCUT2D eigenvalue weighted by Crippen LogP contribution is -2.53. The predicted octanol–water partition coefficient (Wildman–Crippen LogP) is 4.79. The van der Waals surface area contributed by atoms with Gasteiger partial charge in [-0.15, -0.1) is 0 Å². The first-order valence-corrected chi connectivity index (χ1v) is 19.4. The van der Waals surface area contributed by atoms with Crippen LogP contribution in [0.3, 0.4) is 0 Å². The number of ether oxygens (including phenoxy) is 2. The van der Waals surface area contributed by atoms with Gasteiger partial charge in [-0.05, 0) is 110 Å². The second-order valence-corrected chi connectivity index (χ2v) is 16.9. The first-order valence-electron chi connectivity index (χ1n) is 17.1. The number of fused-ring (bicyclic) bond motifs is 6. The number of hydrogen-bond acceptors (Lipinski definition) is 8. The summed E-state index contributed by atoms with van der Waals surface area (Å²) in [6, 6.07) is 10.8. The lowest BCUT2D eigenvalue weighted by molar-refractivity contribution is -0.148. The number of sulfonamides is 1. The van der Waals surface area contributed by atoms with Gasteiger partial charge in [-0.25, -0.2) is 8.42 Å². The van der Waals surface area contributed by atoms with Crippen molar-refractivity contribution in [3.8, 4) is 5.75 Å². The average Bonchev–Trinajstić information content (AvgIpc) is 3.05. The molecule has 1 unspecified atom stereocenters. The Balaban J connectivity index is 1.47. The number of aryl methyl sites for hydroxylation is 1. The molecule has 1 saturated carbocycles. The fourth-order valence-electron chi connectivity index (χ4n) is 8.11. The summed E-state index contributed by atoms with van der Waals surface area (Å²) in [5, 5.41) is 12.8. The molecule has 6 rings (SSSR count). The molecule has 2 aromatic rings. The van der Waals surface area contributed by atoms with E-state index in [-0.39, 0.29) is 17.1 Å². The van der Waals surface area contributed by atoms with Crippen molar-refractivity contribution in [1.29, 1.82) is 0 Å². The summed E-state index contributed by atoms with van der Waals surface area (Å²) in [4.78, 5) is 31.1. The maximum absolute atomic E-state index is 13.6. The van der Waals surface area contributed by atoms with Gasteiger partial charge in [0.15, 0.2) is 5.60 Å². The van der Waals surface area contributed by atoms with Crippen LogP contribution in [0.25, 0.3) is 0 Å². The minimum Gasteiger partial charge on any atom is -0.487 e. The zero-order chi connectivity index (χ0) is 34.3. The number of carbonyl (C=O) groups is 2. The van der Waals surface area contributed by atoms with Gasteiger partial charge in [-0.1, -0.05) is 30.7 Å². The van der Waals surface area contributed by atoms with Crippen molar-refractivity contribution in [1.82, 2.24) is 9.62 Å². The van der Waals surface area contributed by atoms with Crippen molar-refractivity contribution in [2.45, 2.75) is 83.0 Å². The summed E-state index contributed by atoms with van der Waals surface area (Å²) in [5.74, 6) is -0.276. The van der Waals surface area contributed by atoms with Crippen molar-refractivity contribution in [3.63, 3.8) is 0 Å². The first-order chi connectivity index (χ1) is 22.7. The molecule has 12 heteroatoms. The SMILES string of the molecule is CN1CC[C@@H]2CCO[C@@H](C2)[C@@H]2CCC2(C)CN2CCCCc3cc(Cl)ccc3COc3ccc(cc32)[C@@](O)(C(=O)NS(C)(=O)=O)CC1=O. The van der Waals surface area contributed by atoms with E-state index in [1.807, 2.05) is 22.9 Å². The molecule has 1 aliphatic carbocycles. The van der Waals surface area contributed by atoms with E-state index in [2.05, 4.69) is 11.8 Å². The van der Waals surface area contributed by atoms with Gasteiger partial charge in [0.25, 0.3) is 5.91 Å². The van der Waals surface area contributed by atoms with E-state index in [4.69, 9.17) is 21.1 Å². The van der Waals surface area contributed by atoms with E-state index in [9.17, 15) is 23.1 Å². The highest BCUT2D eigenvalue weighted by Gasteiger charge is 2.50. The number of rotatable bonds is 2. The highest BCUT2D eigenvalue weighted by atomic mass is 35.5. The van der Waals surface area contributed by atoms with Gasteiger partial charge in [-0.3, -0.25) is 14.3 Å². The van der Waals surface area contributed by atoms with Gasteiger partial charge in [0.05, 0.1) is 24.5 Å². The number of benzene rings is 2. The Labute approximate surface area is 289 Å². The monoisotopic (exact) mass is 701 g/mol. The van der Waals surface area contributed by atoms with Gasteiger partial charge in [0, 0.05) is 38.3 Å². The highest BCUT2D eigenvalue weighted by molar-refractivity contribution is 7.89. The third kappa shape index (κ3) is 7.49. The van der Waals surface area contributed by atoms with Crippen LogP contribution in [0.15, 0.2) is 36.4 Å². The minimum atomic E-state index is -4.04. The van der Waals surface area contributed by atoms with Gasteiger partial charge < -0.3 is 24.4 Å². The molecule has 4 aliphatic rings. The summed E-state index contributed by atoms with van der Waals surface area (Å²) in [6.45, 7) is 5.21. The molecular formula is C36H48ClN3O7S. The number of amides is 2. The summed E-state index contributed by atoms with van der Waals surface area (Å²) in [6.07, 6.45) is 7.84. The molecule has 5 atom stereocenters. The number of nitrogens with zero attached hydrogens (tertiary/aromatic N) is 2. The highest BCUT2D eigenvalue weighted by Crippen LogP contribution is 2.52. The summed E-state index contributed by atoms with van der Waals surface area (Å²) >= 11 is 6.37. The number of anilines is 1. The quantitative estimate of drug-likeness (QED) is 0.458. The Morgan fingerprint density at radius 2 is 1.90 bits per heavy atom. The molecule has 0 aromatic heterocycles. The molecule has 0 radical (unpaired) electrons. The van der Waals surface area contributed by atoms with Gasteiger partial charge in [-0.2, -0.15) is 0 Å². The maximum Gasteiger partial charge on any atom is 0.270 e. The molecule has 262 valence electrons. The van der Waals surface area contributed by atoms with E-state index in [1.165, 1.54) is 4.90 Å². The van der Waals surface area contributed by atoms with E-state index >= 15 is 0 Å². The van der Waals surface area contributed by atoms with E-state index in [1.54, 1.807) is 25.2 Å². The molecule has 3 heterocycles. The molecule has 2 aromatic carbocycles. The van der Waals surface area contributed by atoms with Gasteiger partial charge in [0.1, 0.15) is 12.4 Å². The van der Waals surface area contributed by atoms with Crippen LogP contribution in [0, 0.1) is 17.3 Å². The average molecular weight is 702 g/mol. The predicted molar refractivity (Wildman–Crippen MR) is 184 cm³/mol. The van der Waals surface area contributed by atoms with E-state index in [0.29, 0.717) is 54.6 Å². The second kappa shape index (κ2) is 13.8. The Kier molecular flexibility index (Phi) is 10.1. The lowest BCUT2D eigenvalue weighted by Gasteiger charge is -2.54. The van der Waals surface area contributed by atoms with Crippen LogP contribution in [-0.4, -0.2) is 75.9 Å². The smallest absolute Gasteiger partial charge is 0.270 e. The standard InChI is InChI=1S/C36H48ClN3O7S/c1-35-14-11-29(35)32-18-24(13-17-46-32)12-16-39(2)33(41)21-36(43,34(42)38-48(3,44)45)27-8-10-31-30(20-27)40(23-35)15-5-4-6-25-19-28(37)9-7-26(25)22-47-31/h7-10,19-20,24,29,32,43H,4-6,11-18,21-23H2,1-3H3,(H,38,42)/t24-,29+,32+,35?,36-/m1/s1. The van der Waals surface area contributed by atoms with Crippen LogP contribution in [-0.2, 0) is 43.0 Å². The zero-order valence-electron chi connectivity index (χ0n) is 28.2. The van der Waals surface area contributed by atoms with Crippen LogP contribution in [0.1, 0.15) is 75.0 Å². The van der Waals surface area contributed by atoms with E-state index < -0.39 is 33.9 Å². The number of aliphatic hydroxyl groups is 1. The van der Waals surface area contributed by atoms with Crippen molar-refractivity contribution >= 4 is 39.1 Å². The molecule has 3 aliphatic heterocycles. The molecule has 2 N–H and O–H groups in total. The fraction of sp³-hybridized carbons (Fsp3) is 0.611. The lowest BCUT2D eigenvalue weighted by atomic mass is 9.57. The normalized spacial score (nSPS) is 30.1. The molecule has 2 amide bonds. The molecule has 4 bridgehead atoms. The summed E-state index contributed by atoms with van der Waals surface area (Å²) in [5.41, 5.74) is 0.507. The fourth-order valence-corrected chi connectivity index (χ4v) is 8.81. The molecule has 48 heavy (non-hydrogen) atoms. The number of halogens is 1. The second-order valence-electron chi connectivity index (χ2n) is 14.7. The Morgan fingerprint density at radius 3 is 2.65 bits per heavy atom. The van der Waals surface area contributed by atoms with Crippen LogP contribution >= 0.6 is 11.6 Å². The van der Waals surface area contributed by atoms with Gasteiger partial charge >= 0.3 is 0 Å². The van der Waals surface area contributed by atoms with Crippen LogP contribution < -0.4 is 14.4 Å². The van der Waals surface area contributed by atoms with Crippen molar-refractivity contribution in [3.05, 3.63) is 58.1 Å². The zero-order valence-corrected chi connectivity index (χ0v) is 29.7. The molecular weight excluding hydrogens is 654 g/mol. The summed E-state index contributed by atoms with van der Waals surface area (Å²) in [7, 11) is -2.37. The van der Waals surface area contributed by atoms with E-state index in [0.717, 1.165) is 75.3 Å². The Bertz CT molecular complexity index is 1650. The maximum atomic E-state index is 13.6. The van der Waals surface area contributed by atoms with Crippen LogP contribution in [0.5, 0.6) is 5.75 Å². The van der Waals surface area contributed by atoms with Gasteiger partial charge in [0.2, 0.25) is 15.9 Å².